The number of ether oxygens (including phenoxy) is 1. The van der Waals surface area contributed by atoms with Crippen LogP contribution in [0.4, 0.5) is 0 Å². The van der Waals surface area contributed by atoms with Crippen LogP contribution in [0.1, 0.15) is 54.9 Å². The van der Waals surface area contributed by atoms with Gasteiger partial charge in [-0.1, -0.05) is 60.8 Å². The first-order valence-electron chi connectivity index (χ1n) is 10.3. The van der Waals surface area contributed by atoms with Crippen LogP contribution in [0.5, 0.6) is 0 Å². The lowest BCUT2D eigenvalue weighted by atomic mass is 9.73. The summed E-state index contributed by atoms with van der Waals surface area (Å²) in [6.45, 7) is 2.17. The number of halogens is 1. The fraction of sp³-hybridized carbons (Fsp3) is 0.458. The summed E-state index contributed by atoms with van der Waals surface area (Å²) in [7, 11) is 0. The molecule has 4 rings (SSSR count). The van der Waals surface area contributed by atoms with Crippen LogP contribution in [0.2, 0.25) is 5.02 Å². The van der Waals surface area contributed by atoms with Gasteiger partial charge in [-0.15, -0.1) is 0 Å². The van der Waals surface area contributed by atoms with Gasteiger partial charge in [0, 0.05) is 29.0 Å². The van der Waals surface area contributed by atoms with Crippen LogP contribution < -0.4 is 5.32 Å². The van der Waals surface area contributed by atoms with Crippen molar-refractivity contribution in [2.75, 3.05) is 0 Å². The predicted octanol–water partition coefficient (Wildman–Crippen LogP) is 5.42. The summed E-state index contributed by atoms with van der Waals surface area (Å²) in [6, 6.07) is 17.6. The lowest BCUT2D eigenvalue weighted by Gasteiger charge is -2.49. The molecule has 1 N–H and O–H groups in total. The first kappa shape index (κ1) is 19.5. The molecule has 1 heterocycles. The Bertz CT molecular complexity index is 824. The Morgan fingerprint density at radius 2 is 1.82 bits per heavy atom. The van der Waals surface area contributed by atoms with Crippen molar-refractivity contribution in [3.63, 3.8) is 0 Å². The van der Waals surface area contributed by atoms with Gasteiger partial charge >= 0.3 is 0 Å². The molecule has 1 saturated heterocycles. The number of amides is 1. The molecule has 2 aromatic rings. The standard InChI is InChI=1S/C24H28ClNO2/c1-24(15-18-11-5-7-13-20(18)25)16-21(19-12-6-8-14-22(19)28-24)26-23(27)17-9-3-2-4-10-17/h2-5,7,9-11,13,19,21-22H,6,8,12,14-16H2,1H3,(H,26,27)/t19-,21+,22+,24-/m0/s1. The Morgan fingerprint density at radius 3 is 2.61 bits per heavy atom. The first-order chi connectivity index (χ1) is 13.5. The lowest BCUT2D eigenvalue weighted by Crippen LogP contribution is -2.57. The fourth-order valence-corrected chi connectivity index (χ4v) is 5.12. The van der Waals surface area contributed by atoms with E-state index in [2.05, 4.69) is 18.3 Å². The topological polar surface area (TPSA) is 38.3 Å². The molecule has 1 amide bonds. The lowest BCUT2D eigenvalue weighted by molar-refractivity contribution is -0.164. The predicted molar refractivity (Wildman–Crippen MR) is 113 cm³/mol. The second-order valence-corrected chi connectivity index (χ2v) is 8.88. The average Bonchev–Trinajstić information content (AvgIpc) is 2.70. The number of benzene rings is 2. The minimum absolute atomic E-state index is 0.0110. The normalized spacial score (nSPS) is 29.7. The highest BCUT2D eigenvalue weighted by Crippen LogP contribution is 2.42. The number of hydrogen-bond acceptors (Lipinski definition) is 2. The number of carbonyl (C=O) groups excluding carboxylic acids is 1. The summed E-state index contributed by atoms with van der Waals surface area (Å²) in [5.41, 5.74) is 1.49. The van der Waals surface area contributed by atoms with Crippen LogP contribution in [0, 0.1) is 5.92 Å². The largest absolute Gasteiger partial charge is 0.371 e. The maximum Gasteiger partial charge on any atom is 0.251 e. The molecule has 4 atom stereocenters. The van der Waals surface area contributed by atoms with E-state index in [9.17, 15) is 4.79 Å². The number of carbonyl (C=O) groups is 1. The van der Waals surface area contributed by atoms with E-state index in [1.54, 1.807) is 0 Å². The number of fused-ring (bicyclic) bond motifs is 1. The molecule has 0 spiro atoms. The van der Waals surface area contributed by atoms with E-state index in [4.69, 9.17) is 16.3 Å². The second-order valence-electron chi connectivity index (χ2n) is 8.47. The number of hydrogen-bond donors (Lipinski definition) is 1. The third-order valence-corrected chi connectivity index (χ3v) is 6.60. The number of rotatable bonds is 4. The molecule has 1 aliphatic carbocycles. The van der Waals surface area contributed by atoms with Gasteiger partial charge in [-0.05, 0) is 49.9 Å². The molecular formula is C24H28ClNO2. The van der Waals surface area contributed by atoms with E-state index >= 15 is 0 Å². The van der Waals surface area contributed by atoms with E-state index in [1.807, 2.05) is 48.5 Å². The van der Waals surface area contributed by atoms with Crippen LogP contribution in [0.3, 0.4) is 0 Å². The molecule has 2 aromatic carbocycles. The molecule has 4 heteroatoms. The van der Waals surface area contributed by atoms with E-state index in [0.717, 1.165) is 36.3 Å². The molecule has 2 fully saturated rings. The summed E-state index contributed by atoms with van der Waals surface area (Å²) < 4.78 is 6.64. The Labute approximate surface area is 172 Å². The minimum Gasteiger partial charge on any atom is -0.371 e. The Kier molecular flexibility index (Phi) is 5.75. The van der Waals surface area contributed by atoms with Gasteiger partial charge in [-0.2, -0.15) is 0 Å². The summed E-state index contributed by atoms with van der Waals surface area (Å²) in [6.07, 6.45) is 6.36. The van der Waals surface area contributed by atoms with Gasteiger partial charge in [-0.3, -0.25) is 4.79 Å². The zero-order chi connectivity index (χ0) is 19.6. The van der Waals surface area contributed by atoms with Crippen molar-refractivity contribution in [1.29, 1.82) is 0 Å². The number of nitrogens with one attached hydrogen (secondary N) is 1. The van der Waals surface area contributed by atoms with E-state index < -0.39 is 0 Å². The van der Waals surface area contributed by atoms with Gasteiger partial charge in [0.05, 0.1) is 11.7 Å². The molecule has 0 bridgehead atoms. The van der Waals surface area contributed by atoms with Crippen molar-refractivity contribution in [2.24, 2.45) is 5.92 Å². The van der Waals surface area contributed by atoms with Gasteiger partial charge < -0.3 is 10.1 Å². The van der Waals surface area contributed by atoms with Gasteiger partial charge in [-0.25, -0.2) is 0 Å². The van der Waals surface area contributed by atoms with Gasteiger partial charge in [0.15, 0.2) is 0 Å². The van der Waals surface area contributed by atoms with Gasteiger partial charge in [0.2, 0.25) is 0 Å². The SMILES string of the molecule is C[C@]1(Cc2ccccc2Cl)C[C@@H](NC(=O)c2ccccc2)[C@@H]2CCCC[C@H]2O1. The molecule has 28 heavy (non-hydrogen) atoms. The van der Waals surface area contributed by atoms with E-state index in [-0.39, 0.29) is 23.7 Å². The second kappa shape index (κ2) is 8.26. The molecule has 1 aliphatic heterocycles. The summed E-state index contributed by atoms with van der Waals surface area (Å²) in [5, 5.41) is 4.12. The highest BCUT2D eigenvalue weighted by Gasteiger charge is 2.46. The zero-order valence-electron chi connectivity index (χ0n) is 16.4. The van der Waals surface area contributed by atoms with Crippen LogP contribution in [0.25, 0.3) is 0 Å². The van der Waals surface area contributed by atoms with Crippen LogP contribution in [-0.4, -0.2) is 23.7 Å². The Morgan fingerprint density at radius 1 is 1.11 bits per heavy atom. The quantitative estimate of drug-likeness (QED) is 0.748. The maximum absolute atomic E-state index is 12.8. The van der Waals surface area contributed by atoms with Crippen LogP contribution in [-0.2, 0) is 11.2 Å². The van der Waals surface area contributed by atoms with Crippen molar-refractivity contribution in [1.82, 2.24) is 5.32 Å². The smallest absolute Gasteiger partial charge is 0.251 e. The molecule has 2 aliphatic rings. The first-order valence-corrected chi connectivity index (χ1v) is 10.7. The molecule has 0 unspecified atom stereocenters. The van der Waals surface area contributed by atoms with E-state index in [1.165, 1.54) is 12.8 Å². The molecule has 1 saturated carbocycles. The van der Waals surface area contributed by atoms with Crippen molar-refractivity contribution in [3.8, 4) is 0 Å². The Hall–Kier alpha value is -1.84. The molecule has 0 aromatic heterocycles. The highest BCUT2D eigenvalue weighted by atomic mass is 35.5. The molecular weight excluding hydrogens is 370 g/mol. The van der Waals surface area contributed by atoms with Crippen molar-refractivity contribution in [2.45, 2.75) is 63.2 Å². The molecule has 148 valence electrons. The summed E-state index contributed by atoms with van der Waals surface area (Å²) >= 11 is 6.42. The van der Waals surface area contributed by atoms with Gasteiger partial charge in [0.25, 0.3) is 5.91 Å². The van der Waals surface area contributed by atoms with Crippen LogP contribution in [0.15, 0.2) is 54.6 Å². The molecule has 0 radical (unpaired) electrons. The fourth-order valence-electron chi connectivity index (χ4n) is 4.92. The summed E-state index contributed by atoms with van der Waals surface area (Å²) in [4.78, 5) is 12.8. The van der Waals surface area contributed by atoms with Crippen molar-refractivity contribution in [3.05, 3.63) is 70.7 Å². The zero-order valence-corrected chi connectivity index (χ0v) is 17.1. The van der Waals surface area contributed by atoms with E-state index in [0.29, 0.717) is 11.5 Å². The summed E-state index contributed by atoms with van der Waals surface area (Å²) in [5.74, 6) is 0.401. The third-order valence-electron chi connectivity index (χ3n) is 6.23. The molecule has 3 nitrogen and oxygen atoms in total. The monoisotopic (exact) mass is 397 g/mol. The van der Waals surface area contributed by atoms with Crippen molar-refractivity contribution >= 4 is 17.5 Å². The minimum atomic E-state index is -0.335. The highest BCUT2D eigenvalue weighted by molar-refractivity contribution is 6.31. The van der Waals surface area contributed by atoms with Crippen molar-refractivity contribution < 1.29 is 9.53 Å². The average molecular weight is 398 g/mol. The maximum atomic E-state index is 12.8. The third kappa shape index (κ3) is 4.26. The van der Waals surface area contributed by atoms with Gasteiger partial charge in [0.1, 0.15) is 0 Å². The van der Waals surface area contributed by atoms with Crippen LogP contribution >= 0.6 is 11.6 Å². The Balaban J connectivity index is 1.55.